The highest BCUT2D eigenvalue weighted by atomic mass is 79.9. The maximum absolute atomic E-state index is 13.2. The first kappa shape index (κ1) is 14.5. The molecule has 102 valence electrons. The maximum atomic E-state index is 13.2. The zero-order valence-electron chi connectivity index (χ0n) is 9.97. The number of benzene rings is 2. The third-order valence-electron chi connectivity index (χ3n) is 2.46. The van der Waals surface area contributed by atoms with E-state index in [1.54, 1.807) is 18.2 Å². The highest BCUT2D eigenvalue weighted by molar-refractivity contribution is 9.10. The van der Waals surface area contributed by atoms with E-state index in [9.17, 15) is 12.8 Å². The summed E-state index contributed by atoms with van der Waals surface area (Å²) in [5.74, 6) is -0.695. The van der Waals surface area contributed by atoms with Crippen LogP contribution in [-0.2, 0) is 10.0 Å². The molecule has 20 heavy (non-hydrogen) atoms. The number of hydrogen-bond acceptors (Lipinski definition) is 3. The number of sulfonamides is 1. The Morgan fingerprint density at radius 2 is 1.80 bits per heavy atom. The molecule has 0 radical (unpaired) electrons. The average molecular weight is 355 g/mol. The summed E-state index contributed by atoms with van der Waals surface area (Å²) in [7, 11) is -3.77. The zero-order chi connectivity index (χ0) is 14.8. The number of hydrogen-bond donors (Lipinski definition) is 1. The van der Waals surface area contributed by atoms with Crippen molar-refractivity contribution in [1.29, 1.82) is 5.26 Å². The first-order valence-electron chi connectivity index (χ1n) is 5.40. The molecule has 4 nitrogen and oxygen atoms in total. The fraction of sp³-hybridized carbons (Fsp3) is 0. The Labute approximate surface area is 124 Å². The molecule has 0 amide bonds. The normalized spacial score (nSPS) is 10.8. The SMILES string of the molecule is N#Cc1cc(NS(=O)(=O)c2ccc(Br)cc2)ccc1F. The maximum Gasteiger partial charge on any atom is 0.261 e. The number of halogens is 2. The Hall–Kier alpha value is -1.91. The number of nitrogens with one attached hydrogen (secondary N) is 1. The molecular formula is C13H8BrFN2O2S. The van der Waals surface area contributed by atoms with Crippen LogP contribution in [0.1, 0.15) is 5.56 Å². The minimum Gasteiger partial charge on any atom is -0.280 e. The molecule has 0 atom stereocenters. The first-order chi connectivity index (χ1) is 9.42. The molecule has 0 aliphatic carbocycles. The Morgan fingerprint density at radius 3 is 2.40 bits per heavy atom. The summed E-state index contributed by atoms with van der Waals surface area (Å²) < 4.78 is 40.4. The van der Waals surface area contributed by atoms with Crippen molar-refractivity contribution in [2.24, 2.45) is 0 Å². The van der Waals surface area contributed by atoms with Crippen molar-refractivity contribution in [3.8, 4) is 6.07 Å². The second-order valence-electron chi connectivity index (χ2n) is 3.87. The first-order valence-corrected chi connectivity index (χ1v) is 7.68. The van der Waals surface area contributed by atoms with Crippen LogP contribution in [0.5, 0.6) is 0 Å². The summed E-state index contributed by atoms with van der Waals surface area (Å²) in [5.41, 5.74) is -0.0909. The Bertz CT molecular complexity index is 783. The quantitative estimate of drug-likeness (QED) is 0.919. The third-order valence-corrected chi connectivity index (χ3v) is 4.39. The Morgan fingerprint density at radius 1 is 1.15 bits per heavy atom. The summed E-state index contributed by atoms with van der Waals surface area (Å²) >= 11 is 3.21. The molecular weight excluding hydrogens is 347 g/mol. The summed E-state index contributed by atoms with van der Waals surface area (Å²) in [6.45, 7) is 0. The van der Waals surface area contributed by atoms with Gasteiger partial charge in [0.25, 0.3) is 10.0 Å². The van der Waals surface area contributed by atoms with E-state index in [0.29, 0.717) is 0 Å². The monoisotopic (exact) mass is 354 g/mol. The van der Waals surface area contributed by atoms with Crippen molar-refractivity contribution in [3.63, 3.8) is 0 Å². The van der Waals surface area contributed by atoms with E-state index in [2.05, 4.69) is 20.7 Å². The van der Waals surface area contributed by atoms with Gasteiger partial charge < -0.3 is 0 Å². The fourth-order valence-corrected chi connectivity index (χ4v) is 2.82. The van der Waals surface area contributed by atoms with Gasteiger partial charge in [-0.2, -0.15) is 5.26 Å². The van der Waals surface area contributed by atoms with Gasteiger partial charge >= 0.3 is 0 Å². The van der Waals surface area contributed by atoms with Gasteiger partial charge in [-0.3, -0.25) is 4.72 Å². The molecule has 0 fully saturated rings. The van der Waals surface area contributed by atoms with E-state index >= 15 is 0 Å². The summed E-state index contributed by atoms with van der Waals surface area (Å²) in [6, 6.07) is 11.2. The molecule has 0 saturated carbocycles. The predicted octanol–water partition coefficient (Wildman–Crippen LogP) is 3.26. The lowest BCUT2D eigenvalue weighted by Gasteiger charge is -2.08. The zero-order valence-corrected chi connectivity index (χ0v) is 12.4. The van der Waals surface area contributed by atoms with Crippen molar-refractivity contribution in [1.82, 2.24) is 0 Å². The number of nitrogens with zero attached hydrogens (tertiary/aromatic N) is 1. The molecule has 2 rings (SSSR count). The van der Waals surface area contributed by atoms with Crippen LogP contribution in [-0.4, -0.2) is 8.42 Å². The minimum absolute atomic E-state index is 0.0727. The Balaban J connectivity index is 2.34. The lowest BCUT2D eigenvalue weighted by molar-refractivity contribution is 0.601. The average Bonchev–Trinajstić information content (AvgIpc) is 2.41. The van der Waals surface area contributed by atoms with Crippen LogP contribution in [0.3, 0.4) is 0 Å². The molecule has 0 aliphatic heterocycles. The number of anilines is 1. The predicted molar refractivity (Wildman–Crippen MR) is 76.1 cm³/mol. The summed E-state index contributed by atoms with van der Waals surface area (Å²) in [6.07, 6.45) is 0. The van der Waals surface area contributed by atoms with E-state index < -0.39 is 15.8 Å². The largest absolute Gasteiger partial charge is 0.280 e. The van der Waals surface area contributed by atoms with E-state index in [-0.39, 0.29) is 16.1 Å². The molecule has 2 aromatic carbocycles. The molecule has 0 unspecified atom stereocenters. The molecule has 2 aromatic rings. The van der Waals surface area contributed by atoms with Crippen LogP contribution in [0.15, 0.2) is 51.8 Å². The van der Waals surface area contributed by atoms with E-state index in [1.807, 2.05) is 0 Å². The Kier molecular flexibility index (Phi) is 4.06. The van der Waals surface area contributed by atoms with Gasteiger partial charge in [-0.1, -0.05) is 15.9 Å². The van der Waals surface area contributed by atoms with Gasteiger partial charge in [0, 0.05) is 4.47 Å². The van der Waals surface area contributed by atoms with Crippen LogP contribution in [0, 0.1) is 17.1 Å². The molecule has 0 aromatic heterocycles. The lowest BCUT2D eigenvalue weighted by atomic mass is 10.2. The van der Waals surface area contributed by atoms with Crippen molar-refractivity contribution in [2.45, 2.75) is 4.90 Å². The van der Waals surface area contributed by atoms with Gasteiger partial charge in [-0.15, -0.1) is 0 Å². The van der Waals surface area contributed by atoms with Crippen LogP contribution in [0.2, 0.25) is 0 Å². The van der Waals surface area contributed by atoms with Crippen LogP contribution >= 0.6 is 15.9 Å². The molecule has 0 spiro atoms. The summed E-state index contributed by atoms with van der Waals surface area (Å²) in [4.78, 5) is 0.0727. The molecule has 7 heteroatoms. The fourth-order valence-electron chi connectivity index (χ4n) is 1.50. The highest BCUT2D eigenvalue weighted by Crippen LogP contribution is 2.20. The number of nitriles is 1. The second-order valence-corrected chi connectivity index (χ2v) is 6.46. The smallest absolute Gasteiger partial charge is 0.261 e. The lowest BCUT2D eigenvalue weighted by Crippen LogP contribution is -2.13. The molecule has 0 aliphatic rings. The standard InChI is InChI=1S/C13H8BrFN2O2S/c14-10-1-4-12(5-2-10)20(18,19)17-11-3-6-13(15)9(7-11)8-16/h1-7,17H. The molecule has 1 N–H and O–H groups in total. The second kappa shape index (κ2) is 5.61. The van der Waals surface area contributed by atoms with Crippen LogP contribution in [0.4, 0.5) is 10.1 Å². The molecule has 0 heterocycles. The van der Waals surface area contributed by atoms with Gasteiger partial charge in [-0.05, 0) is 42.5 Å². The van der Waals surface area contributed by atoms with Gasteiger partial charge in [0.1, 0.15) is 11.9 Å². The molecule has 0 bridgehead atoms. The van der Waals surface area contributed by atoms with Gasteiger partial charge in [0.05, 0.1) is 16.1 Å². The third kappa shape index (κ3) is 3.15. The topological polar surface area (TPSA) is 70.0 Å². The van der Waals surface area contributed by atoms with Crippen molar-refractivity contribution in [3.05, 3.63) is 58.3 Å². The van der Waals surface area contributed by atoms with Crippen molar-refractivity contribution >= 4 is 31.6 Å². The van der Waals surface area contributed by atoms with E-state index in [0.717, 1.165) is 16.6 Å². The van der Waals surface area contributed by atoms with Gasteiger partial charge in [0.15, 0.2) is 0 Å². The van der Waals surface area contributed by atoms with Crippen LogP contribution in [0.25, 0.3) is 0 Å². The number of rotatable bonds is 3. The minimum atomic E-state index is -3.77. The highest BCUT2D eigenvalue weighted by Gasteiger charge is 2.14. The van der Waals surface area contributed by atoms with E-state index in [1.165, 1.54) is 18.2 Å². The van der Waals surface area contributed by atoms with Crippen molar-refractivity contribution < 1.29 is 12.8 Å². The summed E-state index contributed by atoms with van der Waals surface area (Å²) in [5, 5.41) is 8.72. The molecule has 0 saturated heterocycles. The van der Waals surface area contributed by atoms with Crippen LogP contribution < -0.4 is 4.72 Å². The van der Waals surface area contributed by atoms with E-state index in [4.69, 9.17) is 5.26 Å². The van der Waals surface area contributed by atoms with Crippen molar-refractivity contribution in [2.75, 3.05) is 4.72 Å². The van der Waals surface area contributed by atoms with Gasteiger partial charge in [-0.25, -0.2) is 12.8 Å². The van der Waals surface area contributed by atoms with Gasteiger partial charge in [0.2, 0.25) is 0 Å².